The van der Waals surface area contributed by atoms with Crippen LogP contribution < -0.4 is 15.9 Å². The normalized spacial score (nSPS) is 10.6. The molecule has 0 saturated carbocycles. The van der Waals surface area contributed by atoms with E-state index in [1.165, 1.54) is 15.9 Å². The van der Waals surface area contributed by atoms with Crippen molar-refractivity contribution in [3.63, 3.8) is 0 Å². The summed E-state index contributed by atoms with van der Waals surface area (Å²) in [6, 6.07) is 31.9. The van der Waals surface area contributed by atoms with Crippen LogP contribution in [-0.2, 0) is 25.8 Å². The Morgan fingerprint density at radius 2 is 0.824 bits per heavy atom. The molecule has 0 aliphatic heterocycles. The zero-order valence-corrected chi connectivity index (χ0v) is 28.4. The zero-order chi connectivity index (χ0) is 25.1. The monoisotopic (exact) mass is 706 g/mol. The minimum Gasteiger partial charge on any atom is -0.363 e. The molecule has 1 unspecified atom stereocenters. The van der Waals surface area contributed by atoms with E-state index in [-0.39, 0.29) is 50.4 Å². The van der Waals surface area contributed by atoms with E-state index in [2.05, 4.69) is 131 Å². The van der Waals surface area contributed by atoms with Gasteiger partial charge in [-0.15, -0.1) is 0 Å². The number of ether oxygens (including phenoxy) is 1. The Labute approximate surface area is 233 Å². The first-order valence-electron chi connectivity index (χ1n) is 11.1. The number of hydrogen-bond acceptors (Lipinski definition) is 1. The molecule has 0 radical (unpaired) electrons. The topological polar surface area (TPSA) is 9.23 Å². The second-order valence-electron chi connectivity index (χ2n) is 7.69. The van der Waals surface area contributed by atoms with Gasteiger partial charge in [0, 0.05) is 27.7 Å². The first kappa shape index (κ1) is 36.0. The predicted octanol–water partition coefficient (Wildman–Crippen LogP) is 7.77. The third-order valence-electron chi connectivity index (χ3n) is 4.21. The molecule has 0 N–H and O–H groups in total. The summed E-state index contributed by atoms with van der Waals surface area (Å²) in [6.07, 6.45) is 0. The minimum absolute atomic E-state index is 0. The van der Waals surface area contributed by atoms with Gasteiger partial charge in [-0.3, -0.25) is 0 Å². The van der Waals surface area contributed by atoms with Crippen LogP contribution in [0.1, 0.15) is 13.8 Å². The van der Waals surface area contributed by atoms with Crippen LogP contribution in [0.4, 0.5) is 0 Å². The maximum absolute atomic E-state index is 5.36. The Balaban J connectivity index is 0. The molecule has 0 bridgehead atoms. The molecule has 0 amide bonds. The summed E-state index contributed by atoms with van der Waals surface area (Å²) in [6.45, 7) is 18.0. The van der Waals surface area contributed by atoms with Crippen LogP contribution in [0.3, 0.4) is 0 Å². The van der Waals surface area contributed by atoms with E-state index in [0.717, 1.165) is 0 Å². The average Bonchev–Trinajstić information content (AvgIpc) is 2.82. The molecule has 6 heteroatoms. The summed E-state index contributed by atoms with van der Waals surface area (Å²) >= 11 is 5.36. The van der Waals surface area contributed by atoms with Gasteiger partial charge in [0.1, 0.15) is 5.56 Å². The minimum atomic E-state index is -0.130. The SMILES string of the molecule is CCOC(C)Cl.CP(C)c1ccccc1.CP(C)c1ccccc1.CP(C)c1ccccc1.[W]. The van der Waals surface area contributed by atoms with Gasteiger partial charge in [-0.05, 0) is 69.8 Å². The molecule has 0 fully saturated rings. The number of benzene rings is 3. The summed E-state index contributed by atoms with van der Waals surface area (Å²) in [7, 11) is 0.313. The zero-order valence-electron chi connectivity index (χ0n) is 22.0. The van der Waals surface area contributed by atoms with E-state index >= 15 is 0 Å². The maximum Gasteiger partial charge on any atom is 0.128 e. The average molecular weight is 707 g/mol. The van der Waals surface area contributed by atoms with Crippen LogP contribution in [0.15, 0.2) is 91.0 Å². The standard InChI is InChI=1S/3C8H11P.C4H9ClO.W/c3*1-9(2)8-6-4-3-5-7-8;1-3-6-4(2)5;/h3*3-7H,1-2H3;4H,3H2,1-2H3;. The first-order chi connectivity index (χ1) is 15.7. The van der Waals surface area contributed by atoms with Crippen molar-refractivity contribution in [2.45, 2.75) is 19.4 Å². The van der Waals surface area contributed by atoms with Crippen molar-refractivity contribution < 1.29 is 25.8 Å². The Kier molecular flexibility index (Phi) is 24.7. The fourth-order valence-corrected chi connectivity index (χ4v) is 4.84. The van der Waals surface area contributed by atoms with Crippen LogP contribution in [0.25, 0.3) is 0 Å². The molecular formula is C28H42ClOP3W. The fourth-order valence-electron chi connectivity index (χ4n) is 2.41. The van der Waals surface area contributed by atoms with Crippen molar-refractivity contribution in [2.24, 2.45) is 0 Å². The van der Waals surface area contributed by atoms with E-state index in [9.17, 15) is 0 Å². The molecule has 3 aromatic rings. The van der Waals surface area contributed by atoms with Crippen LogP contribution in [-0.4, -0.2) is 52.2 Å². The molecule has 0 aliphatic carbocycles. The summed E-state index contributed by atoms with van der Waals surface area (Å²) in [5, 5.41) is 4.44. The Morgan fingerprint density at radius 3 is 0.912 bits per heavy atom. The van der Waals surface area contributed by atoms with E-state index in [1.54, 1.807) is 6.92 Å². The van der Waals surface area contributed by atoms with Crippen LogP contribution in [0.5, 0.6) is 0 Å². The van der Waals surface area contributed by atoms with Gasteiger partial charge in [0.05, 0.1) is 0 Å². The van der Waals surface area contributed by atoms with E-state index < -0.39 is 0 Å². The van der Waals surface area contributed by atoms with Gasteiger partial charge in [-0.1, -0.05) is 126 Å². The largest absolute Gasteiger partial charge is 0.363 e. The molecule has 0 heterocycles. The molecule has 0 spiro atoms. The number of hydrogen-bond donors (Lipinski definition) is 0. The van der Waals surface area contributed by atoms with E-state index in [4.69, 9.17) is 16.3 Å². The molecule has 1 atom stereocenters. The molecule has 188 valence electrons. The van der Waals surface area contributed by atoms with Gasteiger partial charge in [0.2, 0.25) is 0 Å². The molecule has 34 heavy (non-hydrogen) atoms. The fraction of sp³-hybridized carbons (Fsp3) is 0.357. The Bertz CT molecular complexity index is 698. The van der Waals surface area contributed by atoms with E-state index in [1.807, 2.05) is 6.92 Å². The number of alkyl halides is 1. The molecule has 3 aromatic carbocycles. The molecule has 0 saturated heterocycles. The van der Waals surface area contributed by atoms with E-state index in [0.29, 0.717) is 6.61 Å². The molecule has 0 aromatic heterocycles. The second kappa shape index (κ2) is 23.3. The van der Waals surface area contributed by atoms with Gasteiger partial charge in [0.25, 0.3) is 0 Å². The van der Waals surface area contributed by atoms with Gasteiger partial charge in [-0.25, -0.2) is 0 Å². The second-order valence-corrected chi connectivity index (χ2v) is 15.2. The van der Waals surface area contributed by atoms with Crippen molar-refractivity contribution in [3.05, 3.63) is 91.0 Å². The van der Waals surface area contributed by atoms with Crippen molar-refractivity contribution >= 4 is 51.3 Å². The predicted molar refractivity (Wildman–Crippen MR) is 161 cm³/mol. The van der Waals surface area contributed by atoms with Crippen LogP contribution in [0.2, 0.25) is 0 Å². The molecule has 0 aliphatic rings. The maximum atomic E-state index is 5.36. The van der Waals surface area contributed by atoms with Crippen molar-refractivity contribution in [3.8, 4) is 0 Å². The summed E-state index contributed by atoms with van der Waals surface area (Å²) in [5.74, 6) is 0. The smallest absolute Gasteiger partial charge is 0.128 e. The third kappa shape index (κ3) is 20.1. The third-order valence-corrected chi connectivity index (χ3v) is 8.33. The van der Waals surface area contributed by atoms with Gasteiger partial charge < -0.3 is 4.74 Å². The van der Waals surface area contributed by atoms with Crippen molar-refractivity contribution in [2.75, 3.05) is 46.6 Å². The first-order valence-corrected chi connectivity index (χ1v) is 18.3. The van der Waals surface area contributed by atoms with Gasteiger partial charge in [-0.2, -0.15) is 0 Å². The molecule has 1 nitrogen and oxygen atoms in total. The van der Waals surface area contributed by atoms with Crippen LogP contribution in [0, 0.1) is 0 Å². The van der Waals surface area contributed by atoms with Gasteiger partial charge >= 0.3 is 0 Å². The quantitative estimate of drug-likeness (QED) is 0.195. The van der Waals surface area contributed by atoms with Gasteiger partial charge in [0.15, 0.2) is 0 Å². The number of halogens is 1. The Morgan fingerprint density at radius 1 is 0.588 bits per heavy atom. The summed E-state index contributed by atoms with van der Waals surface area (Å²) in [4.78, 5) is 0. The summed E-state index contributed by atoms with van der Waals surface area (Å²) < 4.78 is 4.81. The Hall–Kier alpha value is -0.112. The molecule has 3 rings (SSSR count). The van der Waals surface area contributed by atoms with Crippen LogP contribution >= 0.6 is 35.4 Å². The van der Waals surface area contributed by atoms with Crippen molar-refractivity contribution in [1.82, 2.24) is 0 Å². The molecular weight excluding hydrogens is 665 g/mol. The summed E-state index contributed by atoms with van der Waals surface area (Å²) in [5.41, 5.74) is -0.130. The number of rotatable bonds is 5. The van der Waals surface area contributed by atoms with Crippen molar-refractivity contribution in [1.29, 1.82) is 0 Å².